The maximum absolute atomic E-state index is 14.5. The van der Waals surface area contributed by atoms with Gasteiger partial charge in [-0.1, -0.05) is 166 Å². The van der Waals surface area contributed by atoms with E-state index in [0.717, 1.165) is 69.1 Å². The molecule has 0 radical (unpaired) electrons. The lowest BCUT2D eigenvalue weighted by molar-refractivity contribution is -0.165. The summed E-state index contributed by atoms with van der Waals surface area (Å²) >= 11 is 0. The van der Waals surface area contributed by atoms with Crippen molar-refractivity contribution >= 4 is 45.1 Å². The lowest BCUT2D eigenvalue weighted by Gasteiger charge is -2.42. The van der Waals surface area contributed by atoms with Crippen molar-refractivity contribution in [3.63, 3.8) is 0 Å². The first-order valence-corrected chi connectivity index (χ1v) is 22.7. The second kappa shape index (κ2) is 15.8. The van der Waals surface area contributed by atoms with E-state index in [1.165, 1.54) is 44.3 Å². The first kappa shape index (κ1) is 40.7. The molecule has 4 unspecified atom stereocenters. The Morgan fingerprint density at radius 1 is 0.615 bits per heavy atom. The normalized spacial score (nSPS) is 20.3. The summed E-state index contributed by atoms with van der Waals surface area (Å²) < 4.78 is 45.6. The molecule has 0 spiro atoms. The summed E-state index contributed by atoms with van der Waals surface area (Å²) in [7, 11) is 0. The fraction of sp³-hybridized carbons (Fsp3) is 0.167. The fourth-order valence-corrected chi connectivity index (χ4v) is 11.2. The molecule has 4 atom stereocenters. The van der Waals surface area contributed by atoms with Crippen LogP contribution in [-0.2, 0) is 0 Å². The van der Waals surface area contributed by atoms with Crippen LogP contribution in [0, 0.1) is 5.92 Å². The highest BCUT2D eigenvalue weighted by Crippen LogP contribution is 2.52. The van der Waals surface area contributed by atoms with Crippen LogP contribution in [0.4, 0.5) is 24.5 Å². The molecule has 0 saturated carbocycles. The number of benzene rings is 7. The maximum Gasteiger partial charge on any atom is 0.395 e. The molecule has 0 fully saturated rings. The SMILES string of the molecule is CC1CC(C2=CCC(C)(N(c3ccccc3)c3ccc(-c4c5ccccc5c(-c5ccccc5)c5ccccc45)cc3)C=C2)=Cc2c3c(n(-c4ccccc4)c21)C=CC(C(F)(F)F)C3C. The highest BCUT2D eigenvalue weighted by Gasteiger charge is 2.46. The van der Waals surface area contributed by atoms with E-state index >= 15 is 0 Å². The van der Waals surface area contributed by atoms with E-state index in [-0.39, 0.29) is 5.92 Å². The van der Waals surface area contributed by atoms with Crippen molar-refractivity contribution in [3.05, 3.63) is 222 Å². The van der Waals surface area contributed by atoms with Gasteiger partial charge >= 0.3 is 6.18 Å². The van der Waals surface area contributed by atoms with Gasteiger partial charge in [-0.25, -0.2) is 0 Å². The molecule has 7 aromatic carbocycles. The van der Waals surface area contributed by atoms with Crippen molar-refractivity contribution in [2.75, 3.05) is 4.90 Å². The molecule has 0 saturated heterocycles. The first-order valence-electron chi connectivity index (χ1n) is 22.7. The van der Waals surface area contributed by atoms with E-state index in [0.29, 0.717) is 0 Å². The molecular formula is C60H49F3N2. The summed E-state index contributed by atoms with van der Waals surface area (Å²) in [5.41, 5.74) is 13.5. The Bertz CT molecular complexity index is 3170. The van der Waals surface area contributed by atoms with Crippen LogP contribution in [-0.4, -0.2) is 16.3 Å². The Hall–Kier alpha value is -7.11. The minimum absolute atomic E-state index is 0.0893. The largest absolute Gasteiger partial charge is 0.395 e. The zero-order chi connectivity index (χ0) is 44.5. The number of nitrogens with zero attached hydrogens (tertiary/aromatic N) is 2. The number of rotatable bonds is 7. The molecule has 0 amide bonds. The highest BCUT2D eigenvalue weighted by molar-refractivity contribution is 6.21. The molecule has 11 rings (SSSR count). The van der Waals surface area contributed by atoms with E-state index in [4.69, 9.17) is 0 Å². The molecule has 1 aromatic heterocycles. The van der Waals surface area contributed by atoms with Gasteiger partial charge in [-0.15, -0.1) is 0 Å². The van der Waals surface area contributed by atoms with Gasteiger partial charge in [0, 0.05) is 39.9 Å². The first-order chi connectivity index (χ1) is 31.6. The zero-order valence-electron chi connectivity index (χ0n) is 36.7. The number of anilines is 2. The Morgan fingerprint density at radius 2 is 1.14 bits per heavy atom. The molecule has 0 bridgehead atoms. The van der Waals surface area contributed by atoms with Crippen LogP contribution in [0.5, 0.6) is 0 Å². The van der Waals surface area contributed by atoms with Gasteiger partial charge in [-0.3, -0.25) is 0 Å². The van der Waals surface area contributed by atoms with Crippen molar-refractivity contribution in [1.82, 2.24) is 4.57 Å². The van der Waals surface area contributed by atoms with E-state index in [1.807, 2.05) is 30.3 Å². The van der Waals surface area contributed by atoms with E-state index in [9.17, 15) is 13.2 Å². The van der Waals surface area contributed by atoms with Gasteiger partial charge in [-0.2, -0.15) is 13.2 Å². The summed E-state index contributed by atoms with van der Waals surface area (Å²) in [6.45, 7) is 6.25. The van der Waals surface area contributed by atoms with E-state index < -0.39 is 23.6 Å². The summed E-state index contributed by atoms with van der Waals surface area (Å²) in [6.07, 6.45) is 9.37. The van der Waals surface area contributed by atoms with Gasteiger partial charge in [0.2, 0.25) is 0 Å². The van der Waals surface area contributed by atoms with Crippen molar-refractivity contribution in [2.45, 2.75) is 57.2 Å². The Kier molecular flexibility index (Phi) is 9.91. The minimum Gasteiger partial charge on any atom is -0.332 e. The average Bonchev–Trinajstić information content (AvgIpc) is 3.67. The number of alkyl halides is 3. The fourth-order valence-electron chi connectivity index (χ4n) is 11.2. The number of aromatic nitrogens is 1. The second-order valence-electron chi connectivity index (χ2n) is 18.2. The number of hydrogen-bond donors (Lipinski definition) is 0. The standard InChI is InChI=1S/C60H49F3N2/c1-39-37-44(38-52-55-40(2)53(60(61,62)63)31-32-54(55)64(58(39)52)45-19-9-5-10-20-45)41-33-35-59(3,36-34-41)65(46-21-11-6-12-22-46)47-29-27-43(28-30-47)57-50-25-15-13-23-48(50)56(42-17-7-4-8-18-42)49-24-14-16-26-51(49)57/h4-35,38-40,53H,36-37H2,1-3H3. The van der Waals surface area contributed by atoms with E-state index in [2.05, 4.69) is 181 Å². The predicted octanol–water partition coefficient (Wildman–Crippen LogP) is 16.8. The summed E-state index contributed by atoms with van der Waals surface area (Å²) in [4.78, 5) is 2.44. The molecule has 320 valence electrons. The molecule has 3 aliphatic rings. The number of allylic oxidation sites excluding steroid dienone is 4. The Labute approximate surface area is 379 Å². The van der Waals surface area contributed by atoms with Gasteiger partial charge in [0.15, 0.2) is 0 Å². The Morgan fingerprint density at radius 3 is 1.69 bits per heavy atom. The lowest BCUT2D eigenvalue weighted by Crippen LogP contribution is -2.42. The predicted molar refractivity (Wildman–Crippen MR) is 265 cm³/mol. The highest BCUT2D eigenvalue weighted by atomic mass is 19.4. The topological polar surface area (TPSA) is 8.17 Å². The molecule has 1 heterocycles. The van der Waals surface area contributed by atoms with E-state index in [1.54, 1.807) is 13.0 Å². The lowest BCUT2D eigenvalue weighted by atomic mass is 9.76. The van der Waals surface area contributed by atoms with Crippen molar-refractivity contribution < 1.29 is 13.2 Å². The van der Waals surface area contributed by atoms with Crippen LogP contribution in [0.3, 0.4) is 0 Å². The van der Waals surface area contributed by atoms with Crippen LogP contribution >= 0.6 is 0 Å². The molecule has 8 aromatic rings. The third-order valence-corrected chi connectivity index (χ3v) is 14.1. The minimum atomic E-state index is -4.33. The van der Waals surface area contributed by atoms with Gasteiger partial charge < -0.3 is 9.47 Å². The van der Waals surface area contributed by atoms with Gasteiger partial charge in [0.05, 0.1) is 11.5 Å². The summed E-state index contributed by atoms with van der Waals surface area (Å²) in [5, 5.41) is 4.90. The zero-order valence-corrected chi connectivity index (χ0v) is 36.7. The quantitative estimate of drug-likeness (QED) is 0.145. The Balaban J connectivity index is 0.967. The molecule has 2 nitrogen and oxygen atoms in total. The van der Waals surface area contributed by atoms with Gasteiger partial charge in [0.1, 0.15) is 0 Å². The van der Waals surface area contributed by atoms with Crippen molar-refractivity contribution in [1.29, 1.82) is 0 Å². The van der Waals surface area contributed by atoms with Crippen LogP contribution in [0.25, 0.3) is 61.6 Å². The van der Waals surface area contributed by atoms with Gasteiger partial charge in [0.25, 0.3) is 0 Å². The number of para-hydroxylation sites is 2. The number of fused-ring (bicyclic) bond motifs is 5. The van der Waals surface area contributed by atoms with Crippen molar-refractivity contribution in [2.24, 2.45) is 5.92 Å². The van der Waals surface area contributed by atoms with Crippen molar-refractivity contribution in [3.8, 4) is 27.9 Å². The summed E-state index contributed by atoms with van der Waals surface area (Å²) in [5.74, 6) is -2.16. The molecule has 65 heavy (non-hydrogen) atoms. The number of hydrogen-bond acceptors (Lipinski definition) is 1. The van der Waals surface area contributed by atoms with Gasteiger partial charge in [-0.05, 0) is 135 Å². The smallest absolute Gasteiger partial charge is 0.332 e. The van der Waals surface area contributed by atoms with Crippen LogP contribution in [0.2, 0.25) is 0 Å². The van der Waals surface area contributed by atoms with Crippen LogP contribution < -0.4 is 4.90 Å². The molecule has 3 aliphatic carbocycles. The second-order valence-corrected chi connectivity index (χ2v) is 18.2. The maximum atomic E-state index is 14.5. The van der Waals surface area contributed by atoms with Crippen LogP contribution in [0.15, 0.2) is 199 Å². The van der Waals surface area contributed by atoms with Crippen LogP contribution in [0.1, 0.15) is 68.0 Å². The molecular weight excluding hydrogens is 806 g/mol. The average molecular weight is 855 g/mol. The third-order valence-electron chi connectivity index (χ3n) is 14.1. The monoisotopic (exact) mass is 854 g/mol. The summed E-state index contributed by atoms with van der Waals surface area (Å²) in [6, 6.07) is 57.9. The molecule has 5 heteroatoms. The molecule has 0 N–H and O–H groups in total. The number of halogens is 3. The third kappa shape index (κ3) is 6.88. The molecule has 0 aliphatic heterocycles.